The lowest BCUT2D eigenvalue weighted by atomic mass is 10.0. The van der Waals surface area contributed by atoms with E-state index in [-0.39, 0.29) is 17.7 Å². The summed E-state index contributed by atoms with van der Waals surface area (Å²) < 4.78 is 33.6. The van der Waals surface area contributed by atoms with E-state index in [2.05, 4.69) is 19.8 Å². The minimum atomic E-state index is -2.94. The Morgan fingerprint density at radius 1 is 1.16 bits per heavy atom. The van der Waals surface area contributed by atoms with Crippen LogP contribution in [-0.4, -0.2) is 48.0 Å². The van der Waals surface area contributed by atoms with Gasteiger partial charge in [-0.25, -0.2) is 0 Å². The van der Waals surface area contributed by atoms with Gasteiger partial charge in [0.1, 0.15) is 11.4 Å². The molecule has 1 aliphatic heterocycles. The number of amidine groups is 1. The average molecular weight is 446 g/mol. The van der Waals surface area contributed by atoms with Crippen molar-refractivity contribution in [1.82, 2.24) is 9.88 Å². The van der Waals surface area contributed by atoms with E-state index in [1.165, 1.54) is 12.1 Å². The van der Waals surface area contributed by atoms with Gasteiger partial charge in [-0.1, -0.05) is 21.4 Å². The largest absolute Gasteiger partial charge is 0.488 e. The first-order chi connectivity index (χ1) is 14.9. The van der Waals surface area contributed by atoms with Crippen LogP contribution in [0.3, 0.4) is 0 Å². The molecule has 0 N–H and O–H groups in total. The van der Waals surface area contributed by atoms with Crippen LogP contribution in [0, 0.1) is 0 Å². The van der Waals surface area contributed by atoms with Crippen LogP contribution in [0.5, 0.6) is 5.75 Å². The normalized spacial score (nSPS) is 18.2. The van der Waals surface area contributed by atoms with Crippen molar-refractivity contribution in [3.8, 4) is 5.75 Å². The average Bonchev–Trinajstić information content (AvgIpc) is 3.59. The molecule has 1 atom stereocenters. The van der Waals surface area contributed by atoms with Gasteiger partial charge in [0.15, 0.2) is 0 Å². The Morgan fingerprint density at radius 2 is 1.84 bits per heavy atom. The minimum Gasteiger partial charge on any atom is -0.488 e. The second-order valence-corrected chi connectivity index (χ2v) is 8.91. The van der Waals surface area contributed by atoms with Crippen LogP contribution < -0.4 is 9.64 Å². The number of anilines is 2. The van der Waals surface area contributed by atoms with E-state index in [4.69, 9.17) is 4.74 Å². The summed E-state index contributed by atoms with van der Waals surface area (Å²) in [5.41, 5.74) is -1.21. The molecule has 1 aromatic heterocycles. The number of aliphatic imine (C=N–C) groups is 1. The topological polar surface area (TPSA) is 41.0 Å². The fourth-order valence-electron chi connectivity index (χ4n) is 4.00. The third-order valence-corrected chi connectivity index (χ3v) is 6.31. The van der Waals surface area contributed by atoms with Crippen molar-refractivity contribution in [2.45, 2.75) is 50.4 Å². The number of hydrogen-bond acceptors (Lipinski definition) is 4. The number of aromatic nitrogens is 1. The van der Waals surface area contributed by atoms with E-state index in [9.17, 15) is 8.78 Å². The Hall–Kier alpha value is -2.27. The Bertz CT molecular complexity index is 920. The molecular formula is C23H29F2N4OP. The predicted molar refractivity (Wildman–Crippen MR) is 124 cm³/mol. The van der Waals surface area contributed by atoms with E-state index < -0.39 is 5.66 Å². The molecule has 0 amide bonds. The SMILES string of the molecule is CN=C(C)N1CCC(N(c2ccc(C(F)(F)P)cc2)c2cnccc2OC2CC2)CC1. The fourth-order valence-corrected chi connectivity index (χ4v) is 4.19. The van der Waals surface area contributed by atoms with E-state index in [1.54, 1.807) is 27.6 Å². The summed E-state index contributed by atoms with van der Waals surface area (Å²) in [5, 5.41) is 0. The molecule has 31 heavy (non-hydrogen) atoms. The minimum absolute atomic E-state index is 0.0218. The zero-order valence-electron chi connectivity index (χ0n) is 18.0. The molecule has 1 aromatic carbocycles. The molecule has 2 heterocycles. The van der Waals surface area contributed by atoms with Crippen LogP contribution in [0.25, 0.3) is 0 Å². The van der Waals surface area contributed by atoms with Crippen molar-refractivity contribution in [2.75, 3.05) is 25.0 Å². The highest BCUT2D eigenvalue weighted by atomic mass is 31.0. The first-order valence-electron chi connectivity index (χ1n) is 10.7. The zero-order valence-corrected chi connectivity index (χ0v) is 19.1. The second-order valence-electron chi connectivity index (χ2n) is 8.19. The fraction of sp³-hybridized carbons (Fsp3) is 0.478. The van der Waals surface area contributed by atoms with Crippen LogP contribution >= 0.6 is 9.24 Å². The van der Waals surface area contributed by atoms with Crippen LogP contribution in [0.2, 0.25) is 0 Å². The highest BCUT2D eigenvalue weighted by Crippen LogP contribution is 2.41. The Labute approximate surface area is 184 Å². The number of nitrogens with zero attached hydrogens (tertiary/aromatic N) is 4. The van der Waals surface area contributed by atoms with Gasteiger partial charge >= 0.3 is 0 Å². The predicted octanol–water partition coefficient (Wildman–Crippen LogP) is 5.20. The van der Waals surface area contributed by atoms with Crippen molar-refractivity contribution in [3.63, 3.8) is 0 Å². The quantitative estimate of drug-likeness (QED) is 0.348. The number of piperidine rings is 1. The summed E-state index contributed by atoms with van der Waals surface area (Å²) in [4.78, 5) is 13.2. The number of hydrogen-bond donors (Lipinski definition) is 0. The van der Waals surface area contributed by atoms with Crippen molar-refractivity contribution in [1.29, 1.82) is 0 Å². The van der Waals surface area contributed by atoms with Crippen LogP contribution in [0.1, 0.15) is 38.2 Å². The van der Waals surface area contributed by atoms with E-state index in [1.807, 2.05) is 26.2 Å². The van der Waals surface area contributed by atoms with Gasteiger partial charge in [0.05, 0.1) is 18.1 Å². The van der Waals surface area contributed by atoms with Gasteiger partial charge in [0, 0.05) is 49.7 Å². The van der Waals surface area contributed by atoms with Crippen LogP contribution in [0.4, 0.5) is 20.2 Å². The van der Waals surface area contributed by atoms with Gasteiger partial charge in [0.25, 0.3) is 5.66 Å². The number of rotatable bonds is 6. The molecule has 1 unspecified atom stereocenters. The summed E-state index contributed by atoms with van der Waals surface area (Å²) in [6.45, 7) is 3.82. The van der Waals surface area contributed by atoms with E-state index in [0.717, 1.165) is 61.7 Å². The third kappa shape index (κ3) is 5.15. The van der Waals surface area contributed by atoms with Gasteiger partial charge in [-0.2, -0.15) is 8.78 Å². The number of benzene rings is 1. The van der Waals surface area contributed by atoms with Gasteiger partial charge < -0.3 is 14.5 Å². The third-order valence-electron chi connectivity index (χ3n) is 5.98. The van der Waals surface area contributed by atoms with Gasteiger partial charge in [0.2, 0.25) is 0 Å². The standard InChI is InChI=1S/C23H29F2N4OP/c1-16(26-2)28-13-10-19(11-14-28)29(18-5-3-17(4-6-18)23(24,25)31)21-15-27-12-9-22(21)30-20-7-8-20/h3-6,9,12,15,19-20H,7-8,10-11,13-14,31H2,1-2H3. The molecule has 2 aliphatic rings. The van der Waals surface area contributed by atoms with Crippen molar-refractivity contribution in [2.24, 2.45) is 4.99 Å². The summed E-state index contributed by atoms with van der Waals surface area (Å²) in [6.07, 6.45) is 7.79. The van der Waals surface area contributed by atoms with Crippen LogP contribution in [0.15, 0.2) is 47.7 Å². The summed E-state index contributed by atoms with van der Waals surface area (Å²) >= 11 is 0. The molecule has 5 nitrogen and oxygen atoms in total. The molecule has 0 spiro atoms. The smallest absolute Gasteiger partial charge is 0.283 e. The molecule has 0 radical (unpaired) electrons. The molecule has 0 bridgehead atoms. The first kappa shape index (κ1) is 21.9. The van der Waals surface area contributed by atoms with Crippen molar-refractivity contribution >= 4 is 26.5 Å². The highest BCUT2D eigenvalue weighted by molar-refractivity contribution is 7.17. The Kier molecular flexibility index (Phi) is 6.42. The van der Waals surface area contributed by atoms with Gasteiger partial charge in [-0.15, -0.1) is 0 Å². The molecule has 1 saturated heterocycles. The van der Waals surface area contributed by atoms with Crippen molar-refractivity contribution in [3.05, 3.63) is 48.3 Å². The zero-order chi connectivity index (χ0) is 22.0. The monoisotopic (exact) mass is 446 g/mol. The Morgan fingerprint density at radius 3 is 2.42 bits per heavy atom. The molecule has 4 rings (SSSR count). The number of alkyl halides is 2. The summed E-state index contributed by atoms with van der Waals surface area (Å²) in [5.74, 6) is 1.84. The molecule has 166 valence electrons. The van der Waals surface area contributed by atoms with Gasteiger partial charge in [-0.3, -0.25) is 9.98 Å². The van der Waals surface area contributed by atoms with Gasteiger partial charge in [-0.05, 0) is 44.7 Å². The molecular weight excluding hydrogens is 417 g/mol. The lowest BCUT2D eigenvalue weighted by Gasteiger charge is -2.40. The second kappa shape index (κ2) is 9.07. The molecule has 1 aliphatic carbocycles. The molecule has 8 heteroatoms. The maximum Gasteiger partial charge on any atom is 0.283 e. The Balaban J connectivity index is 1.67. The summed E-state index contributed by atoms with van der Waals surface area (Å²) in [7, 11) is 3.42. The maximum absolute atomic E-state index is 13.7. The number of ether oxygens (including phenoxy) is 1. The maximum atomic E-state index is 13.7. The lowest BCUT2D eigenvalue weighted by molar-refractivity contribution is 0.104. The number of halogens is 2. The van der Waals surface area contributed by atoms with E-state index in [0.29, 0.717) is 0 Å². The number of pyridine rings is 1. The van der Waals surface area contributed by atoms with E-state index >= 15 is 0 Å². The van der Waals surface area contributed by atoms with Crippen LogP contribution in [-0.2, 0) is 5.66 Å². The highest BCUT2D eigenvalue weighted by Gasteiger charge is 2.31. The number of likely N-dealkylation sites (tertiary alicyclic amines) is 1. The first-order valence-corrected chi connectivity index (χ1v) is 11.3. The molecule has 2 fully saturated rings. The summed E-state index contributed by atoms with van der Waals surface area (Å²) in [6, 6.07) is 8.63. The molecule has 1 saturated carbocycles. The molecule has 2 aromatic rings. The van der Waals surface area contributed by atoms with Crippen molar-refractivity contribution < 1.29 is 13.5 Å². The lowest BCUT2D eigenvalue weighted by Crippen LogP contribution is -2.45.